The van der Waals surface area contributed by atoms with Crippen LogP contribution >= 0.6 is 0 Å². The average molecular weight is 248 g/mol. The Bertz CT molecular complexity index is 220. The van der Waals surface area contributed by atoms with E-state index in [4.69, 9.17) is 0 Å². The molecule has 0 aliphatic heterocycles. The van der Waals surface area contributed by atoms with E-state index in [1.807, 2.05) is 0 Å². The van der Waals surface area contributed by atoms with Crippen LogP contribution in [0.25, 0.3) is 0 Å². The largest absolute Gasteiger partial charge is 0.0885 e. The number of hydrogen-bond donors (Lipinski definition) is 0. The number of unbranched alkanes of at least 4 members (excludes halogenated alkanes) is 6. The van der Waals surface area contributed by atoms with Gasteiger partial charge < -0.3 is 0 Å². The molecule has 0 fully saturated rings. The molecular weight excluding hydrogens is 216 g/mol. The Kier molecular flexibility index (Phi) is 15.5. The Hall–Kier alpha value is -0.780. The van der Waals surface area contributed by atoms with Crippen LogP contribution in [0.3, 0.4) is 0 Å². The SMILES string of the molecule is CC/C=C/C/C=C/CCCCC/C=C/CCCC. The summed E-state index contributed by atoms with van der Waals surface area (Å²) in [5.41, 5.74) is 0. The van der Waals surface area contributed by atoms with Crippen molar-refractivity contribution < 1.29 is 0 Å². The standard InChI is InChI=1S/C18H32/c1-3-5-7-9-11-13-15-17-18-16-14-12-10-8-6-4-2/h5,7,10-13H,3-4,6,8-9,14-18H2,1-2H3/b7-5+,12-10+,13-11+. The lowest BCUT2D eigenvalue weighted by Crippen LogP contribution is -1.75. The van der Waals surface area contributed by atoms with Crippen molar-refractivity contribution in [1.29, 1.82) is 0 Å². The molecule has 0 saturated heterocycles. The van der Waals surface area contributed by atoms with Crippen LogP contribution in [-0.4, -0.2) is 0 Å². The third-order valence-corrected chi connectivity index (χ3v) is 2.97. The van der Waals surface area contributed by atoms with Gasteiger partial charge in [0.2, 0.25) is 0 Å². The van der Waals surface area contributed by atoms with Crippen molar-refractivity contribution in [2.45, 2.75) is 78.1 Å². The maximum absolute atomic E-state index is 2.36. The molecule has 0 aromatic rings. The molecule has 0 aromatic carbocycles. The molecule has 0 unspecified atom stereocenters. The normalized spacial score (nSPS) is 12.3. The second-order valence-corrected chi connectivity index (χ2v) is 4.84. The maximum atomic E-state index is 2.36. The molecule has 0 nitrogen and oxygen atoms in total. The fourth-order valence-corrected chi connectivity index (χ4v) is 1.81. The summed E-state index contributed by atoms with van der Waals surface area (Å²) in [5.74, 6) is 0. The lowest BCUT2D eigenvalue weighted by atomic mass is 10.1. The Morgan fingerprint density at radius 2 is 1.11 bits per heavy atom. The molecule has 0 spiro atoms. The molecule has 0 heteroatoms. The molecular formula is C18H32. The molecule has 0 aliphatic carbocycles. The molecule has 0 aliphatic rings. The zero-order valence-electron chi connectivity index (χ0n) is 12.5. The molecule has 18 heavy (non-hydrogen) atoms. The average Bonchev–Trinajstić information content (AvgIpc) is 2.39. The van der Waals surface area contributed by atoms with Crippen molar-refractivity contribution >= 4 is 0 Å². The van der Waals surface area contributed by atoms with Gasteiger partial charge in [-0.05, 0) is 44.9 Å². The molecule has 0 bridgehead atoms. The Morgan fingerprint density at radius 3 is 1.72 bits per heavy atom. The summed E-state index contributed by atoms with van der Waals surface area (Å²) in [4.78, 5) is 0. The molecule has 0 amide bonds. The molecule has 0 N–H and O–H groups in total. The predicted molar refractivity (Wildman–Crippen MR) is 84.9 cm³/mol. The van der Waals surface area contributed by atoms with E-state index in [-0.39, 0.29) is 0 Å². The summed E-state index contributed by atoms with van der Waals surface area (Å²) in [6.45, 7) is 4.43. The zero-order valence-corrected chi connectivity index (χ0v) is 12.5. The van der Waals surface area contributed by atoms with Crippen LogP contribution in [-0.2, 0) is 0 Å². The molecule has 0 heterocycles. The van der Waals surface area contributed by atoms with Gasteiger partial charge in [-0.2, -0.15) is 0 Å². The Balaban J connectivity index is 3.15. The summed E-state index contributed by atoms with van der Waals surface area (Å²) in [5, 5.41) is 0. The first-order valence-corrected chi connectivity index (χ1v) is 7.86. The van der Waals surface area contributed by atoms with Crippen LogP contribution < -0.4 is 0 Å². The van der Waals surface area contributed by atoms with E-state index < -0.39 is 0 Å². The molecule has 0 rings (SSSR count). The summed E-state index contributed by atoms with van der Waals surface area (Å²) in [6.07, 6.45) is 26.6. The molecule has 104 valence electrons. The minimum absolute atomic E-state index is 1.11. The summed E-state index contributed by atoms with van der Waals surface area (Å²) in [7, 11) is 0. The van der Waals surface area contributed by atoms with Gasteiger partial charge in [0.1, 0.15) is 0 Å². The quantitative estimate of drug-likeness (QED) is 0.270. The minimum atomic E-state index is 1.11. The van der Waals surface area contributed by atoms with Crippen LogP contribution in [0.15, 0.2) is 36.5 Å². The van der Waals surface area contributed by atoms with Gasteiger partial charge in [-0.25, -0.2) is 0 Å². The van der Waals surface area contributed by atoms with Gasteiger partial charge in [-0.1, -0.05) is 69.6 Å². The first-order chi connectivity index (χ1) is 8.91. The van der Waals surface area contributed by atoms with Crippen molar-refractivity contribution in [3.05, 3.63) is 36.5 Å². The second kappa shape index (κ2) is 16.2. The summed E-state index contributed by atoms with van der Waals surface area (Å²) >= 11 is 0. The third kappa shape index (κ3) is 15.2. The van der Waals surface area contributed by atoms with Gasteiger partial charge in [0.05, 0.1) is 0 Å². The van der Waals surface area contributed by atoms with E-state index in [1.54, 1.807) is 0 Å². The van der Waals surface area contributed by atoms with E-state index in [0.29, 0.717) is 0 Å². The summed E-state index contributed by atoms with van der Waals surface area (Å²) in [6, 6.07) is 0. The molecule has 0 radical (unpaired) electrons. The molecule has 0 aromatic heterocycles. The van der Waals surface area contributed by atoms with Crippen molar-refractivity contribution in [2.24, 2.45) is 0 Å². The van der Waals surface area contributed by atoms with Crippen LogP contribution in [0, 0.1) is 0 Å². The number of hydrogen-bond acceptors (Lipinski definition) is 0. The smallest absolute Gasteiger partial charge is 0.0169 e. The highest BCUT2D eigenvalue weighted by Gasteiger charge is 1.86. The van der Waals surface area contributed by atoms with Crippen LogP contribution in [0.1, 0.15) is 78.1 Å². The highest BCUT2D eigenvalue weighted by Crippen LogP contribution is 2.05. The third-order valence-electron chi connectivity index (χ3n) is 2.97. The van der Waals surface area contributed by atoms with Crippen LogP contribution in [0.4, 0.5) is 0 Å². The highest BCUT2D eigenvalue weighted by atomic mass is 13.9. The topological polar surface area (TPSA) is 0 Å². The Labute approximate surface area is 115 Å². The number of allylic oxidation sites excluding steroid dienone is 6. The van der Waals surface area contributed by atoms with Crippen molar-refractivity contribution in [2.75, 3.05) is 0 Å². The lowest BCUT2D eigenvalue weighted by Gasteiger charge is -1.95. The highest BCUT2D eigenvalue weighted by molar-refractivity contribution is 4.92. The molecule has 0 atom stereocenters. The van der Waals surface area contributed by atoms with E-state index in [2.05, 4.69) is 50.3 Å². The predicted octanol–water partition coefficient (Wildman–Crippen LogP) is 6.60. The van der Waals surface area contributed by atoms with Gasteiger partial charge in [-0.3, -0.25) is 0 Å². The monoisotopic (exact) mass is 248 g/mol. The number of rotatable bonds is 12. The van der Waals surface area contributed by atoms with E-state index in [1.165, 1.54) is 51.4 Å². The second-order valence-electron chi connectivity index (χ2n) is 4.84. The van der Waals surface area contributed by atoms with Gasteiger partial charge >= 0.3 is 0 Å². The van der Waals surface area contributed by atoms with Crippen molar-refractivity contribution in [3.8, 4) is 0 Å². The van der Waals surface area contributed by atoms with Gasteiger partial charge in [0, 0.05) is 0 Å². The zero-order chi connectivity index (χ0) is 13.3. The van der Waals surface area contributed by atoms with E-state index in [9.17, 15) is 0 Å². The van der Waals surface area contributed by atoms with E-state index in [0.717, 1.165) is 12.8 Å². The Morgan fingerprint density at radius 1 is 0.556 bits per heavy atom. The van der Waals surface area contributed by atoms with Gasteiger partial charge in [0.25, 0.3) is 0 Å². The minimum Gasteiger partial charge on any atom is -0.0885 e. The van der Waals surface area contributed by atoms with E-state index >= 15 is 0 Å². The van der Waals surface area contributed by atoms with Crippen molar-refractivity contribution in [1.82, 2.24) is 0 Å². The van der Waals surface area contributed by atoms with Crippen molar-refractivity contribution in [3.63, 3.8) is 0 Å². The summed E-state index contributed by atoms with van der Waals surface area (Å²) < 4.78 is 0. The van der Waals surface area contributed by atoms with Crippen LogP contribution in [0.2, 0.25) is 0 Å². The lowest BCUT2D eigenvalue weighted by molar-refractivity contribution is 0.694. The first-order valence-electron chi connectivity index (χ1n) is 7.86. The van der Waals surface area contributed by atoms with Gasteiger partial charge in [-0.15, -0.1) is 0 Å². The fourth-order valence-electron chi connectivity index (χ4n) is 1.81. The molecule has 0 saturated carbocycles. The van der Waals surface area contributed by atoms with Gasteiger partial charge in [0.15, 0.2) is 0 Å². The maximum Gasteiger partial charge on any atom is -0.0169 e. The van der Waals surface area contributed by atoms with Crippen LogP contribution in [0.5, 0.6) is 0 Å². The first kappa shape index (κ1) is 17.2. The fraction of sp³-hybridized carbons (Fsp3) is 0.667.